The molecule has 124 valence electrons. The Hall–Kier alpha value is -2.40. The van der Waals surface area contributed by atoms with E-state index in [1.807, 2.05) is 43.5 Å². The minimum absolute atomic E-state index is 0.0773. The summed E-state index contributed by atoms with van der Waals surface area (Å²) in [5.74, 6) is -0.270. The Morgan fingerprint density at radius 1 is 1.25 bits per heavy atom. The number of hydrogen-bond donors (Lipinski definition) is 0. The molecule has 0 N–H and O–H groups in total. The van der Waals surface area contributed by atoms with E-state index in [0.717, 1.165) is 21.4 Å². The molecule has 0 unspecified atom stereocenters. The first-order valence-electron chi connectivity index (χ1n) is 7.75. The second-order valence-corrected chi connectivity index (χ2v) is 6.75. The molecule has 24 heavy (non-hydrogen) atoms. The molecule has 3 rings (SSSR count). The number of aryl methyl sites for hydroxylation is 3. The molecule has 0 radical (unpaired) electrons. The smallest absolute Gasteiger partial charge is 0.336 e. The lowest BCUT2D eigenvalue weighted by Crippen LogP contribution is -2.08. The minimum Gasteiger partial charge on any atom is -0.461 e. The number of hydrogen-bond acceptors (Lipinski definition) is 5. The number of benzene rings is 1. The summed E-state index contributed by atoms with van der Waals surface area (Å²) in [5.41, 5.74) is 2.79. The van der Waals surface area contributed by atoms with Crippen LogP contribution in [-0.4, -0.2) is 5.97 Å². The predicted octanol–water partition coefficient (Wildman–Crippen LogP) is 4.15. The van der Waals surface area contributed by atoms with E-state index >= 15 is 0 Å². The van der Waals surface area contributed by atoms with Crippen molar-refractivity contribution in [2.75, 3.05) is 0 Å². The maximum Gasteiger partial charge on any atom is 0.336 e. The first kappa shape index (κ1) is 16.5. The third kappa shape index (κ3) is 3.57. The molecule has 2 aromatic heterocycles. The van der Waals surface area contributed by atoms with Gasteiger partial charge in [0.15, 0.2) is 0 Å². The highest BCUT2D eigenvalue weighted by Crippen LogP contribution is 2.23. The van der Waals surface area contributed by atoms with Crippen LogP contribution in [0, 0.1) is 13.8 Å². The first-order chi connectivity index (χ1) is 11.5. The lowest BCUT2D eigenvalue weighted by atomic mass is 10.0. The minimum atomic E-state index is -0.430. The standard InChI is InChI=1S/C19H18O4S/c1-12-5-7-16-14(10-18(21)23-19(16)13(12)2)11-22-17(20)8-6-15-4-3-9-24-15/h3-5,7,9-10H,6,8,11H2,1-2H3. The van der Waals surface area contributed by atoms with Crippen LogP contribution in [-0.2, 0) is 22.6 Å². The number of carbonyl (C=O) groups is 1. The monoisotopic (exact) mass is 342 g/mol. The molecule has 0 bridgehead atoms. The van der Waals surface area contributed by atoms with E-state index < -0.39 is 5.63 Å². The molecule has 2 heterocycles. The number of thiophene rings is 1. The predicted molar refractivity (Wildman–Crippen MR) is 94.4 cm³/mol. The SMILES string of the molecule is Cc1ccc2c(COC(=O)CCc3cccs3)cc(=O)oc2c1C. The third-order valence-corrected chi connectivity index (χ3v) is 5.00. The number of carbonyl (C=O) groups excluding carboxylic acids is 1. The molecule has 4 nitrogen and oxygen atoms in total. The Balaban J connectivity index is 1.74. The molecule has 0 saturated carbocycles. The van der Waals surface area contributed by atoms with Crippen molar-refractivity contribution < 1.29 is 13.9 Å². The van der Waals surface area contributed by atoms with E-state index in [9.17, 15) is 9.59 Å². The van der Waals surface area contributed by atoms with E-state index in [0.29, 0.717) is 24.0 Å². The van der Waals surface area contributed by atoms with E-state index in [1.165, 1.54) is 6.07 Å². The molecule has 0 atom stereocenters. The van der Waals surface area contributed by atoms with Gasteiger partial charge in [0.25, 0.3) is 0 Å². The van der Waals surface area contributed by atoms with Gasteiger partial charge < -0.3 is 9.15 Å². The lowest BCUT2D eigenvalue weighted by Gasteiger charge is -2.09. The van der Waals surface area contributed by atoms with Gasteiger partial charge in [-0.2, -0.15) is 0 Å². The van der Waals surface area contributed by atoms with Crippen molar-refractivity contribution >= 4 is 28.3 Å². The molecule has 0 saturated heterocycles. The largest absolute Gasteiger partial charge is 0.461 e. The fourth-order valence-electron chi connectivity index (χ4n) is 2.55. The molecule has 1 aromatic carbocycles. The maximum atomic E-state index is 11.9. The summed E-state index contributed by atoms with van der Waals surface area (Å²) in [6, 6.07) is 9.23. The fourth-order valence-corrected chi connectivity index (χ4v) is 3.26. The summed E-state index contributed by atoms with van der Waals surface area (Å²) in [4.78, 5) is 24.9. The molecular formula is C19H18O4S. The van der Waals surface area contributed by atoms with Crippen LogP contribution >= 0.6 is 11.3 Å². The maximum absolute atomic E-state index is 11.9. The van der Waals surface area contributed by atoms with Gasteiger partial charge in [0.2, 0.25) is 0 Å². The Kier molecular flexibility index (Phi) is 4.81. The van der Waals surface area contributed by atoms with Crippen LogP contribution in [0.2, 0.25) is 0 Å². The molecule has 0 fully saturated rings. The average Bonchev–Trinajstić information content (AvgIpc) is 3.08. The molecule has 0 spiro atoms. The van der Waals surface area contributed by atoms with Crippen LogP contribution in [0.3, 0.4) is 0 Å². The number of rotatable bonds is 5. The molecule has 5 heteroatoms. The lowest BCUT2D eigenvalue weighted by molar-refractivity contribution is -0.144. The second-order valence-electron chi connectivity index (χ2n) is 5.71. The van der Waals surface area contributed by atoms with Gasteiger partial charge >= 0.3 is 11.6 Å². The highest BCUT2D eigenvalue weighted by atomic mass is 32.1. The van der Waals surface area contributed by atoms with Crippen molar-refractivity contribution in [3.8, 4) is 0 Å². The molecule has 0 aliphatic heterocycles. The van der Waals surface area contributed by atoms with Crippen LogP contribution in [0.5, 0.6) is 0 Å². The van der Waals surface area contributed by atoms with Crippen molar-refractivity contribution in [3.05, 3.63) is 67.7 Å². The van der Waals surface area contributed by atoms with Crippen molar-refractivity contribution in [2.45, 2.75) is 33.3 Å². The number of fused-ring (bicyclic) bond motifs is 1. The Labute approximate surface area is 143 Å². The van der Waals surface area contributed by atoms with Gasteiger partial charge in [-0.05, 0) is 42.8 Å². The van der Waals surface area contributed by atoms with E-state index in [1.54, 1.807) is 11.3 Å². The summed E-state index contributed by atoms with van der Waals surface area (Å²) in [5, 5.41) is 2.80. The van der Waals surface area contributed by atoms with Crippen LogP contribution in [0.25, 0.3) is 11.0 Å². The van der Waals surface area contributed by atoms with Crippen LogP contribution < -0.4 is 5.63 Å². The topological polar surface area (TPSA) is 56.5 Å². The normalized spacial score (nSPS) is 10.9. The molecule has 0 aliphatic carbocycles. The van der Waals surface area contributed by atoms with E-state index in [2.05, 4.69) is 0 Å². The van der Waals surface area contributed by atoms with Gasteiger partial charge in [0, 0.05) is 21.9 Å². The summed E-state index contributed by atoms with van der Waals surface area (Å²) >= 11 is 1.62. The van der Waals surface area contributed by atoms with Crippen LogP contribution in [0.4, 0.5) is 0 Å². The molecule has 0 aliphatic rings. The van der Waals surface area contributed by atoms with Crippen molar-refractivity contribution in [2.24, 2.45) is 0 Å². The van der Waals surface area contributed by atoms with Crippen molar-refractivity contribution in [3.63, 3.8) is 0 Å². The summed E-state index contributed by atoms with van der Waals surface area (Å²) in [7, 11) is 0. The van der Waals surface area contributed by atoms with Gasteiger partial charge in [-0.3, -0.25) is 4.79 Å². The summed E-state index contributed by atoms with van der Waals surface area (Å²) < 4.78 is 10.7. The Morgan fingerprint density at radius 3 is 2.83 bits per heavy atom. The van der Waals surface area contributed by atoms with Gasteiger partial charge in [-0.15, -0.1) is 11.3 Å². The van der Waals surface area contributed by atoms with Crippen LogP contribution in [0.1, 0.15) is 28.0 Å². The van der Waals surface area contributed by atoms with Gasteiger partial charge in [0.1, 0.15) is 12.2 Å². The zero-order chi connectivity index (χ0) is 17.1. The van der Waals surface area contributed by atoms with Crippen molar-refractivity contribution in [1.29, 1.82) is 0 Å². The Morgan fingerprint density at radius 2 is 2.08 bits per heavy atom. The van der Waals surface area contributed by atoms with E-state index in [4.69, 9.17) is 9.15 Å². The van der Waals surface area contributed by atoms with Gasteiger partial charge in [-0.25, -0.2) is 4.79 Å². The second kappa shape index (κ2) is 7.01. The highest BCUT2D eigenvalue weighted by molar-refractivity contribution is 7.09. The fraction of sp³-hybridized carbons (Fsp3) is 0.263. The quantitative estimate of drug-likeness (QED) is 0.516. The zero-order valence-electron chi connectivity index (χ0n) is 13.6. The van der Waals surface area contributed by atoms with Crippen LogP contribution in [0.15, 0.2) is 44.9 Å². The zero-order valence-corrected chi connectivity index (χ0v) is 14.4. The molecule has 3 aromatic rings. The molecular weight excluding hydrogens is 324 g/mol. The van der Waals surface area contributed by atoms with Gasteiger partial charge in [-0.1, -0.05) is 18.2 Å². The Bertz CT molecular complexity index is 922. The summed E-state index contributed by atoms with van der Waals surface area (Å²) in [6.45, 7) is 3.96. The third-order valence-electron chi connectivity index (χ3n) is 4.06. The van der Waals surface area contributed by atoms with Crippen molar-refractivity contribution in [1.82, 2.24) is 0 Å². The first-order valence-corrected chi connectivity index (χ1v) is 8.63. The van der Waals surface area contributed by atoms with E-state index in [-0.39, 0.29) is 12.6 Å². The summed E-state index contributed by atoms with van der Waals surface area (Å²) in [6.07, 6.45) is 1.00. The highest BCUT2D eigenvalue weighted by Gasteiger charge is 2.11. The van der Waals surface area contributed by atoms with Gasteiger partial charge in [0.05, 0.1) is 6.42 Å². The number of esters is 1. The number of ether oxygens (including phenoxy) is 1. The average molecular weight is 342 g/mol. The molecule has 0 amide bonds.